The first-order chi connectivity index (χ1) is 8.69. The van der Waals surface area contributed by atoms with Crippen LogP contribution in [0.3, 0.4) is 0 Å². The van der Waals surface area contributed by atoms with E-state index >= 15 is 0 Å². The van der Waals surface area contributed by atoms with Gasteiger partial charge in [0.25, 0.3) is 5.91 Å². The molecule has 0 unspecified atom stereocenters. The topological polar surface area (TPSA) is 64.4 Å². The van der Waals surface area contributed by atoms with Gasteiger partial charge in [-0.1, -0.05) is 26.2 Å². The highest BCUT2D eigenvalue weighted by Crippen LogP contribution is 2.21. The zero-order valence-electron chi connectivity index (χ0n) is 11.2. The highest BCUT2D eigenvalue weighted by Gasteiger charge is 2.07. The predicted molar refractivity (Wildman–Crippen MR) is 73.9 cm³/mol. The van der Waals surface area contributed by atoms with Gasteiger partial charge in [0.05, 0.1) is 12.8 Å². The maximum atomic E-state index is 11.8. The molecule has 100 valence electrons. The van der Waals surface area contributed by atoms with Crippen molar-refractivity contribution < 1.29 is 9.53 Å². The number of unbranched alkanes of at least 4 members (excludes halogenated alkanes) is 3. The van der Waals surface area contributed by atoms with Crippen LogP contribution in [0.2, 0.25) is 0 Å². The van der Waals surface area contributed by atoms with E-state index in [1.165, 1.54) is 20.0 Å². The molecule has 0 atom stereocenters. The van der Waals surface area contributed by atoms with E-state index in [4.69, 9.17) is 10.5 Å². The zero-order valence-corrected chi connectivity index (χ0v) is 11.2. The fourth-order valence-corrected chi connectivity index (χ4v) is 1.71. The van der Waals surface area contributed by atoms with Crippen LogP contribution in [0.4, 0.5) is 5.69 Å². The number of nitrogens with one attached hydrogen (secondary N) is 1. The summed E-state index contributed by atoms with van der Waals surface area (Å²) in [5.41, 5.74) is 6.82. The summed E-state index contributed by atoms with van der Waals surface area (Å²) in [4.78, 5) is 11.8. The minimum atomic E-state index is -0.0789. The molecule has 0 saturated carbocycles. The molecule has 0 radical (unpaired) electrons. The number of benzene rings is 1. The Hall–Kier alpha value is -1.71. The molecule has 3 N–H and O–H groups in total. The largest absolute Gasteiger partial charge is 0.495 e. The number of carbonyl (C=O) groups is 1. The Bertz CT molecular complexity index is 391. The summed E-state index contributed by atoms with van der Waals surface area (Å²) in [6.07, 6.45) is 4.59. The van der Waals surface area contributed by atoms with Crippen molar-refractivity contribution >= 4 is 11.6 Å². The number of methoxy groups -OCH3 is 1. The highest BCUT2D eigenvalue weighted by atomic mass is 16.5. The van der Waals surface area contributed by atoms with Gasteiger partial charge in [-0.05, 0) is 24.6 Å². The molecule has 0 aliphatic heterocycles. The lowest BCUT2D eigenvalue weighted by Gasteiger charge is -2.08. The third-order valence-corrected chi connectivity index (χ3v) is 2.81. The quantitative estimate of drug-likeness (QED) is 0.577. The number of rotatable bonds is 7. The van der Waals surface area contributed by atoms with Gasteiger partial charge >= 0.3 is 0 Å². The van der Waals surface area contributed by atoms with Gasteiger partial charge in [0.15, 0.2) is 0 Å². The number of anilines is 1. The average Bonchev–Trinajstić information content (AvgIpc) is 2.38. The second-order valence-corrected chi connectivity index (χ2v) is 4.27. The fourth-order valence-electron chi connectivity index (χ4n) is 1.71. The van der Waals surface area contributed by atoms with E-state index in [2.05, 4.69) is 12.2 Å². The lowest BCUT2D eigenvalue weighted by molar-refractivity contribution is 0.0952. The second-order valence-electron chi connectivity index (χ2n) is 4.27. The zero-order chi connectivity index (χ0) is 13.4. The third-order valence-electron chi connectivity index (χ3n) is 2.81. The molecule has 0 aromatic heterocycles. The van der Waals surface area contributed by atoms with E-state index in [0.717, 1.165) is 12.8 Å². The molecule has 4 heteroatoms. The summed E-state index contributed by atoms with van der Waals surface area (Å²) in [7, 11) is 1.54. The Morgan fingerprint density at radius 3 is 2.78 bits per heavy atom. The van der Waals surface area contributed by atoms with Crippen molar-refractivity contribution in [2.24, 2.45) is 0 Å². The normalized spacial score (nSPS) is 10.1. The third kappa shape index (κ3) is 4.28. The van der Waals surface area contributed by atoms with Crippen molar-refractivity contribution in [3.8, 4) is 5.75 Å². The Kier molecular flexibility index (Phi) is 6.05. The monoisotopic (exact) mass is 250 g/mol. The lowest BCUT2D eigenvalue weighted by atomic mass is 10.1. The molecular weight excluding hydrogens is 228 g/mol. The van der Waals surface area contributed by atoms with Gasteiger partial charge in [0.2, 0.25) is 0 Å². The van der Waals surface area contributed by atoms with E-state index in [0.29, 0.717) is 23.5 Å². The van der Waals surface area contributed by atoms with E-state index in [1.807, 2.05) is 0 Å². The molecule has 0 saturated heterocycles. The average molecular weight is 250 g/mol. The SMILES string of the molecule is CCCCCCNC(=O)c1ccc(N)c(OC)c1. The molecule has 1 rings (SSSR count). The molecule has 1 aromatic carbocycles. The summed E-state index contributed by atoms with van der Waals surface area (Å²) in [6.45, 7) is 2.88. The summed E-state index contributed by atoms with van der Waals surface area (Å²) >= 11 is 0. The summed E-state index contributed by atoms with van der Waals surface area (Å²) in [6, 6.07) is 5.06. The van der Waals surface area contributed by atoms with Crippen LogP contribution in [0.1, 0.15) is 43.0 Å². The van der Waals surface area contributed by atoms with Crippen LogP contribution in [0.25, 0.3) is 0 Å². The Labute approximate surface area is 109 Å². The van der Waals surface area contributed by atoms with Crippen molar-refractivity contribution in [1.29, 1.82) is 0 Å². The van der Waals surface area contributed by atoms with Crippen LogP contribution in [-0.4, -0.2) is 19.6 Å². The fraction of sp³-hybridized carbons (Fsp3) is 0.500. The number of nitrogens with two attached hydrogens (primary N) is 1. The molecule has 4 nitrogen and oxygen atoms in total. The first-order valence-corrected chi connectivity index (χ1v) is 6.40. The maximum Gasteiger partial charge on any atom is 0.251 e. The lowest BCUT2D eigenvalue weighted by Crippen LogP contribution is -2.24. The van der Waals surface area contributed by atoms with Crippen LogP contribution in [0.15, 0.2) is 18.2 Å². The minimum Gasteiger partial charge on any atom is -0.495 e. The second kappa shape index (κ2) is 7.58. The molecular formula is C14H22N2O2. The predicted octanol–water partition coefficient (Wildman–Crippen LogP) is 2.59. The van der Waals surface area contributed by atoms with Gasteiger partial charge in [-0.15, -0.1) is 0 Å². The van der Waals surface area contributed by atoms with Gasteiger partial charge in [-0.2, -0.15) is 0 Å². The molecule has 0 fully saturated rings. The number of ether oxygens (including phenoxy) is 1. The number of nitrogen functional groups attached to an aromatic ring is 1. The standard InChI is InChI=1S/C14H22N2O2/c1-3-4-5-6-9-16-14(17)11-7-8-12(15)13(10-11)18-2/h7-8,10H,3-6,9,15H2,1-2H3,(H,16,17). The van der Waals surface area contributed by atoms with Gasteiger partial charge in [-0.3, -0.25) is 4.79 Å². The first kappa shape index (κ1) is 14.4. The molecule has 0 aliphatic rings. The molecule has 0 spiro atoms. The van der Waals surface area contributed by atoms with E-state index < -0.39 is 0 Å². The van der Waals surface area contributed by atoms with E-state index in [9.17, 15) is 4.79 Å². The van der Waals surface area contributed by atoms with Crippen LogP contribution in [0.5, 0.6) is 5.75 Å². The molecule has 0 heterocycles. The minimum absolute atomic E-state index is 0.0789. The van der Waals surface area contributed by atoms with Gasteiger partial charge < -0.3 is 15.8 Å². The smallest absolute Gasteiger partial charge is 0.251 e. The summed E-state index contributed by atoms with van der Waals surface area (Å²) < 4.78 is 5.09. The van der Waals surface area contributed by atoms with Crippen molar-refractivity contribution in [1.82, 2.24) is 5.32 Å². The molecule has 1 amide bonds. The Morgan fingerprint density at radius 2 is 2.11 bits per heavy atom. The van der Waals surface area contributed by atoms with Crippen molar-refractivity contribution in [2.75, 3.05) is 19.4 Å². The van der Waals surface area contributed by atoms with Crippen molar-refractivity contribution in [2.45, 2.75) is 32.6 Å². The van der Waals surface area contributed by atoms with Gasteiger partial charge in [0.1, 0.15) is 5.75 Å². The molecule has 0 bridgehead atoms. The van der Waals surface area contributed by atoms with Gasteiger partial charge in [-0.25, -0.2) is 0 Å². The summed E-state index contributed by atoms with van der Waals surface area (Å²) in [5.74, 6) is 0.457. The first-order valence-electron chi connectivity index (χ1n) is 6.40. The van der Waals surface area contributed by atoms with E-state index in [-0.39, 0.29) is 5.91 Å². The van der Waals surface area contributed by atoms with E-state index in [1.54, 1.807) is 18.2 Å². The van der Waals surface area contributed by atoms with Crippen LogP contribution in [-0.2, 0) is 0 Å². The number of carbonyl (C=O) groups excluding carboxylic acids is 1. The van der Waals surface area contributed by atoms with Crippen LogP contribution in [0, 0.1) is 0 Å². The maximum absolute atomic E-state index is 11.8. The highest BCUT2D eigenvalue weighted by molar-refractivity contribution is 5.95. The summed E-state index contributed by atoms with van der Waals surface area (Å²) in [5, 5.41) is 2.89. The Morgan fingerprint density at radius 1 is 1.33 bits per heavy atom. The number of amides is 1. The Balaban J connectivity index is 2.46. The molecule has 18 heavy (non-hydrogen) atoms. The van der Waals surface area contributed by atoms with Gasteiger partial charge in [0, 0.05) is 12.1 Å². The van der Waals surface area contributed by atoms with Crippen LogP contribution < -0.4 is 15.8 Å². The molecule has 0 aliphatic carbocycles. The molecule has 1 aromatic rings. The van der Waals surface area contributed by atoms with Crippen molar-refractivity contribution in [3.05, 3.63) is 23.8 Å². The van der Waals surface area contributed by atoms with Crippen LogP contribution >= 0.6 is 0 Å². The number of hydrogen-bond donors (Lipinski definition) is 2. The number of hydrogen-bond acceptors (Lipinski definition) is 3. The van der Waals surface area contributed by atoms with Crippen molar-refractivity contribution in [3.63, 3.8) is 0 Å².